The van der Waals surface area contributed by atoms with E-state index in [1.54, 1.807) is 0 Å². The van der Waals surface area contributed by atoms with Crippen LogP contribution in [-0.2, 0) is 6.54 Å². The zero-order chi connectivity index (χ0) is 8.67. The molecule has 2 aliphatic rings. The van der Waals surface area contributed by atoms with Crippen LogP contribution in [0.25, 0.3) is 0 Å². The molecule has 1 aliphatic carbocycles. The van der Waals surface area contributed by atoms with E-state index in [4.69, 9.17) is 0 Å². The number of aromatic amines is 1. The van der Waals surface area contributed by atoms with Crippen LogP contribution in [0.5, 0.6) is 0 Å². The molecule has 0 spiro atoms. The topological polar surface area (TPSA) is 31.9 Å². The van der Waals surface area contributed by atoms with Gasteiger partial charge in [0, 0.05) is 31.5 Å². The highest BCUT2D eigenvalue weighted by molar-refractivity contribution is 5.00. The van der Waals surface area contributed by atoms with Crippen LogP contribution in [0.4, 0.5) is 0 Å². The number of likely N-dealkylation sites (tertiary alicyclic amines) is 1. The zero-order valence-electron chi connectivity index (χ0n) is 7.74. The van der Waals surface area contributed by atoms with E-state index < -0.39 is 0 Å². The summed E-state index contributed by atoms with van der Waals surface area (Å²) in [5.41, 5.74) is 1.24. The molecular formula is C10H15N3. The Hall–Kier alpha value is -0.830. The molecule has 1 aromatic rings. The third kappa shape index (κ3) is 1.48. The summed E-state index contributed by atoms with van der Waals surface area (Å²) in [4.78, 5) is 2.50. The van der Waals surface area contributed by atoms with Gasteiger partial charge in [-0.3, -0.25) is 10.00 Å². The molecule has 1 saturated heterocycles. The minimum atomic E-state index is 1.02. The lowest BCUT2D eigenvalue weighted by molar-refractivity contribution is 0.0763. The number of H-pyrrole nitrogens is 1. The van der Waals surface area contributed by atoms with Gasteiger partial charge in [-0.2, -0.15) is 5.10 Å². The van der Waals surface area contributed by atoms with Gasteiger partial charge < -0.3 is 0 Å². The molecular weight excluding hydrogens is 162 g/mol. The summed E-state index contributed by atoms with van der Waals surface area (Å²) in [6.07, 6.45) is 4.80. The van der Waals surface area contributed by atoms with Crippen molar-refractivity contribution in [2.45, 2.75) is 19.4 Å². The molecule has 3 rings (SSSR count). The fourth-order valence-electron chi connectivity index (χ4n) is 2.22. The maximum Gasteiger partial charge on any atom is 0.0492 e. The fourth-order valence-corrected chi connectivity index (χ4v) is 2.22. The molecule has 2 heterocycles. The van der Waals surface area contributed by atoms with Gasteiger partial charge in [0.15, 0.2) is 0 Å². The quantitative estimate of drug-likeness (QED) is 0.753. The lowest BCUT2D eigenvalue weighted by atomic mass is 9.95. The SMILES string of the molecule is c1cc(CN2CC(C3CC3)C2)[nH]n1. The molecule has 1 aromatic heterocycles. The molecule has 0 bridgehead atoms. The lowest BCUT2D eigenvalue weighted by Crippen LogP contribution is -2.46. The van der Waals surface area contributed by atoms with Gasteiger partial charge in [0.1, 0.15) is 0 Å². The van der Waals surface area contributed by atoms with Crippen LogP contribution >= 0.6 is 0 Å². The molecule has 0 unspecified atom stereocenters. The highest BCUT2D eigenvalue weighted by Crippen LogP contribution is 2.41. The number of hydrogen-bond donors (Lipinski definition) is 1. The van der Waals surface area contributed by atoms with Crippen molar-refractivity contribution in [1.82, 2.24) is 15.1 Å². The highest BCUT2D eigenvalue weighted by atomic mass is 15.2. The van der Waals surface area contributed by atoms with Crippen molar-refractivity contribution >= 4 is 0 Å². The molecule has 1 aliphatic heterocycles. The summed E-state index contributed by atoms with van der Waals surface area (Å²) in [5, 5.41) is 6.95. The average Bonchev–Trinajstić information content (AvgIpc) is 2.75. The van der Waals surface area contributed by atoms with Crippen LogP contribution in [0.15, 0.2) is 12.3 Å². The Morgan fingerprint density at radius 1 is 1.38 bits per heavy atom. The van der Waals surface area contributed by atoms with Gasteiger partial charge in [-0.15, -0.1) is 0 Å². The first kappa shape index (κ1) is 7.56. The van der Waals surface area contributed by atoms with E-state index in [2.05, 4.69) is 21.2 Å². The van der Waals surface area contributed by atoms with Crippen molar-refractivity contribution in [1.29, 1.82) is 0 Å². The van der Waals surface area contributed by atoms with Gasteiger partial charge in [-0.25, -0.2) is 0 Å². The van der Waals surface area contributed by atoms with E-state index in [9.17, 15) is 0 Å². The number of rotatable bonds is 3. The van der Waals surface area contributed by atoms with Crippen LogP contribution in [-0.4, -0.2) is 28.2 Å². The summed E-state index contributed by atoms with van der Waals surface area (Å²) in [5.74, 6) is 2.10. The molecule has 2 fully saturated rings. The Balaban J connectivity index is 1.49. The Kier molecular flexibility index (Phi) is 1.65. The maximum absolute atomic E-state index is 3.95. The van der Waals surface area contributed by atoms with Crippen LogP contribution < -0.4 is 0 Å². The summed E-state index contributed by atoms with van der Waals surface area (Å²) in [6, 6.07) is 2.06. The molecule has 3 nitrogen and oxygen atoms in total. The van der Waals surface area contributed by atoms with E-state index in [1.165, 1.54) is 31.6 Å². The van der Waals surface area contributed by atoms with Crippen LogP contribution in [0.3, 0.4) is 0 Å². The molecule has 1 N–H and O–H groups in total. The Bertz CT molecular complexity index is 270. The number of nitrogens with zero attached hydrogens (tertiary/aromatic N) is 2. The van der Waals surface area contributed by atoms with Crippen molar-refractivity contribution in [3.05, 3.63) is 18.0 Å². The van der Waals surface area contributed by atoms with Crippen molar-refractivity contribution in [2.75, 3.05) is 13.1 Å². The van der Waals surface area contributed by atoms with Gasteiger partial charge in [-0.1, -0.05) is 0 Å². The minimum Gasteiger partial charge on any atom is -0.297 e. The third-order valence-corrected chi connectivity index (χ3v) is 3.23. The summed E-state index contributed by atoms with van der Waals surface area (Å²) >= 11 is 0. The first-order valence-electron chi connectivity index (χ1n) is 5.12. The predicted octanol–water partition coefficient (Wildman–Crippen LogP) is 1.25. The van der Waals surface area contributed by atoms with Crippen LogP contribution in [0.2, 0.25) is 0 Å². The van der Waals surface area contributed by atoms with Gasteiger partial charge >= 0.3 is 0 Å². The molecule has 0 amide bonds. The molecule has 3 heteroatoms. The average molecular weight is 177 g/mol. The Labute approximate surface area is 78.1 Å². The van der Waals surface area contributed by atoms with E-state index in [1.807, 2.05) is 6.20 Å². The predicted molar refractivity (Wildman–Crippen MR) is 50.1 cm³/mol. The molecule has 0 aromatic carbocycles. The monoisotopic (exact) mass is 177 g/mol. The minimum absolute atomic E-state index is 1.02. The van der Waals surface area contributed by atoms with Gasteiger partial charge in [0.2, 0.25) is 0 Å². The summed E-state index contributed by atoms with van der Waals surface area (Å²) in [6.45, 7) is 3.68. The Morgan fingerprint density at radius 2 is 2.23 bits per heavy atom. The smallest absolute Gasteiger partial charge is 0.0492 e. The number of hydrogen-bond acceptors (Lipinski definition) is 2. The standard InChI is InChI=1S/C10H15N3/c1-2-8(1)9-5-13(6-9)7-10-3-4-11-12-10/h3-4,8-9H,1-2,5-7H2,(H,11,12). The second-order valence-electron chi connectivity index (χ2n) is 4.37. The van der Waals surface area contributed by atoms with Gasteiger partial charge in [-0.05, 0) is 30.7 Å². The molecule has 0 radical (unpaired) electrons. The lowest BCUT2D eigenvalue weighted by Gasteiger charge is -2.39. The zero-order valence-corrected chi connectivity index (χ0v) is 7.74. The van der Waals surface area contributed by atoms with Crippen molar-refractivity contribution in [3.63, 3.8) is 0 Å². The fraction of sp³-hybridized carbons (Fsp3) is 0.700. The number of aromatic nitrogens is 2. The highest BCUT2D eigenvalue weighted by Gasteiger charge is 2.38. The number of nitrogens with one attached hydrogen (secondary N) is 1. The first-order chi connectivity index (χ1) is 6.42. The normalized spacial score (nSPS) is 24.6. The van der Waals surface area contributed by atoms with Crippen LogP contribution in [0.1, 0.15) is 18.5 Å². The molecule has 0 atom stereocenters. The first-order valence-corrected chi connectivity index (χ1v) is 5.12. The second-order valence-corrected chi connectivity index (χ2v) is 4.37. The van der Waals surface area contributed by atoms with E-state index in [-0.39, 0.29) is 0 Å². The molecule has 1 saturated carbocycles. The van der Waals surface area contributed by atoms with Gasteiger partial charge in [0.25, 0.3) is 0 Å². The van der Waals surface area contributed by atoms with E-state index in [0.29, 0.717) is 0 Å². The second kappa shape index (κ2) is 2.84. The van der Waals surface area contributed by atoms with Crippen molar-refractivity contribution in [2.24, 2.45) is 11.8 Å². The molecule has 70 valence electrons. The van der Waals surface area contributed by atoms with Gasteiger partial charge in [0.05, 0.1) is 0 Å². The maximum atomic E-state index is 3.95. The Morgan fingerprint density at radius 3 is 2.85 bits per heavy atom. The van der Waals surface area contributed by atoms with E-state index >= 15 is 0 Å². The third-order valence-electron chi connectivity index (χ3n) is 3.23. The van der Waals surface area contributed by atoms with Crippen molar-refractivity contribution in [3.8, 4) is 0 Å². The molecule has 13 heavy (non-hydrogen) atoms. The summed E-state index contributed by atoms with van der Waals surface area (Å²) in [7, 11) is 0. The van der Waals surface area contributed by atoms with Crippen LogP contribution in [0, 0.1) is 11.8 Å². The summed E-state index contributed by atoms with van der Waals surface area (Å²) < 4.78 is 0. The van der Waals surface area contributed by atoms with E-state index in [0.717, 1.165) is 18.4 Å². The largest absolute Gasteiger partial charge is 0.297 e. The van der Waals surface area contributed by atoms with Crippen molar-refractivity contribution < 1.29 is 0 Å².